The lowest BCUT2D eigenvalue weighted by Gasteiger charge is -2.16. The summed E-state index contributed by atoms with van der Waals surface area (Å²) in [5.74, 6) is -0.401. The number of pyridine rings is 1. The zero-order valence-corrected chi connectivity index (χ0v) is 16.2. The fourth-order valence-electron chi connectivity index (χ4n) is 2.33. The van der Waals surface area contributed by atoms with Gasteiger partial charge in [-0.1, -0.05) is 30.3 Å². The molecule has 0 aliphatic rings. The first-order chi connectivity index (χ1) is 13.0. The summed E-state index contributed by atoms with van der Waals surface area (Å²) < 4.78 is 25.8. The number of rotatable bonds is 7. The highest BCUT2D eigenvalue weighted by atomic mass is 32.2. The molecule has 0 atom stereocenters. The standard InChI is InChI=1S/C18H18N4O3S2/c1-22(27(24,25)15-8-5-9-19-10-15)12-17(23)20-11-18-21-16(13-26-18)14-6-3-2-4-7-14/h2-10,13H,11-12H2,1H3,(H,20,23). The monoisotopic (exact) mass is 402 g/mol. The Morgan fingerprint density at radius 1 is 1.19 bits per heavy atom. The highest BCUT2D eigenvalue weighted by molar-refractivity contribution is 7.89. The molecule has 0 saturated heterocycles. The van der Waals surface area contributed by atoms with Crippen molar-refractivity contribution in [3.05, 3.63) is 65.2 Å². The molecule has 1 aromatic carbocycles. The summed E-state index contributed by atoms with van der Waals surface area (Å²) >= 11 is 1.44. The number of nitrogens with zero attached hydrogens (tertiary/aromatic N) is 3. The lowest BCUT2D eigenvalue weighted by Crippen LogP contribution is -2.38. The Labute approximate surface area is 161 Å². The zero-order chi connectivity index (χ0) is 19.3. The Hall–Kier alpha value is -2.62. The molecule has 1 amide bonds. The van der Waals surface area contributed by atoms with Crippen LogP contribution in [0.2, 0.25) is 0 Å². The van der Waals surface area contributed by atoms with Crippen molar-refractivity contribution in [1.29, 1.82) is 0 Å². The van der Waals surface area contributed by atoms with E-state index in [0.29, 0.717) is 0 Å². The van der Waals surface area contributed by atoms with Gasteiger partial charge in [0.15, 0.2) is 0 Å². The summed E-state index contributed by atoms with van der Waals surface area (Å²) in [4.78, 5) is 20.5. The maximum atomic E-state index is 12.4. The third-order valence-electron chi connectivity index (χ3n) is 3.77. The van der Waals surface area contributed by atoms with Gasteiger partial charge in [-0.05, 0) is 12.1 Å². The van der Waals surface area contributed by atoms with Crippen LogP contribution in [0.4, 0.5) is 0 Å². The highest BCUT2D eigenvalue weighted by Crippen LogP contribution is 2.21. The first-order valence-electron chi connectivity index (χ1n) is 8.10. The molecular weight excluding hydrogens is 384 g/mol. The van der Waals surface area contributed by atoms with E-state index in [1.807, 2.05) is 35.7 Å². The summed E-state index contributed by atoms with van der Waals surface area (Å²) in [6.07, 6.45) is 2.74. The van der Waals surface area contributed by atoms with Gasteiger partial charge >= 0.3 is 0 Å². The average Bonchev–Trinajstić information content (AvgIpc) is 3.17. The molecule has 1 N–H and O–H groups in total. The zero-order valence-electron chi connectivity index (χ0n) is 14.6. The van der Waals surface area contributed by atoms with E-state index in [1.54, 1.807) is 0 Å². The van der Waals surface area contributed by atoms with Crippen LogP contribution in [0.3, 0.4) is 0 Å². The van der Waals surface area contributed by atoms with Crippen LogP contribution in [-0.4, -0.2) is 42.2 Å². The smallest absolute Gasteiger partial charge is 0.244 e. The molecule has 0 aliphatic heterocycles. The van der Waals surface area contributed by atoms with E-state index < -0.39 is 15.9 Å². The van der Waals surface area contributed by atoms with Crippen LogP contribution in [0.5, 0.6) is 0 Å². The largest absolute Gasteiger partial charge is 0.348 e. The third-order valence-corrected chi connectivity index (χ3v) is 6.40. The molecule has 0 unspecified atom stereocenters. The van der Waals surface area contributed by atoms with Gasteiger partial charge in [-0.3, -0.25) is 9.78 Å². The minimum absolute atomic E-state index is 0.0488. The predicted octanol–water partition coefficient (Wildman–Crippen LogP) is 2.14. The number of carbonyl (C=O) groups is 1. The molecule has 0 spiro atoms. The molecule has 0 bridgehead atoms. The van der Waals surface area contributed by atoms with Crippen LogP contribution < -0.4 is 5.32 Å². The van der Waals surface area contributed by atoms with Gasteiger partial charge in [-0.15, -0.1) is 11.3 Å². The van der Waals surface area contributed by atoms with Gasteiger partial charge in [-0.25, -0.2) is 13.4 Å². The lowest BCUT2D eigenvalue weighted by molar-refractivity contribution is -0.121. The maximum Gasteiger partial charge on any atom is 0.244 e. The normalized spacial score (nSPS) is 11.5. The van der Waals surface area contributed by atoms with Gasteiger partial charge in [0.05, 0.1) is 18.8 Å². The Bertz CT molecular complexity index is 1010. The minimum Gasteiger partial charge on any atom is -0.348 e. The first kappa shape index (κ1) is 19.2. The molecular formula is C18H18N4O3S2. The van der Waals surface area contributed by atoms with Crippen LogP contribution in [0, 0.1) is 0 Å². The van der Waals surface area contributed by atoms with E-state index in [-0.39, 0.29) is 18.0 Å². The summed E-state index contributed by atoms with van der Waals surface area (Å²) in [6.45, 7) is -0.0364. The Morgan fingerprint density at radius 2 is 1.96 bits per heavy atom. The van der Waals surface area contributed by atoms with Crippen molar-refractivity contribution in [2.45, 2.75) is 11.4 Å². The highest BCUT2D eigenvalue weighted by Gasteiger charge is 2.23. The molecule has 7 nitrogen and oxygen atoms in total. The number of aromatic nitrogens is 2. The van der Waals surface area contributed by atoms with Crippen molar-refractivity contribution in [3.8, 4) is 11.3 Å². The molecule has 0 radical (unpaired) electrons. The van der Waals surface area contributed by atoms with Crippen LogP contribution >= 0.6 is 11.3 Å². The summed E-state index contributed by atoms with van der Waals surface area (Å²) in [7, 11) is -2.39. The van der Waals surface area contributed by atoms with Crippen LogP contribution in [-0.2, 0) is 21.4 Å². The van der Waals surface area contributed by atoms with E-state index in [1.165, 1.54) is 42.9 Å². The molecule has 2 heterocycles. The van der Waals surface area contributed by atoms with Crippen molar-refractivity contribution in [2.24, 2.45) is 0 Å². The Balaban J connectivity index is 1.56. The van der Waals surface area contributed by atoms with E-state index in [9.17, 15) is 13.2 Å². The van der Waals surface area contributed by atoms with Gasteiger partial charge in [-0.2, -0.15) is 4.31 Å². The van der Waals surface area contributed by atoms with Gasteiger partial charge in [0.1, 0.15) is 9.90 Å². The van der Waals surface area contributed by atoms with Crippen molar-refractivity contribution < 1.29 is 13.2 Å². The van der Waals surface area contributed by atoms with E-state index in [4.69, 9.17) is 0 Å². The predicted molar refractivity (Wildman–Crippen MR) is 103 cm³/mol. The molecule has 27 heavy (non-hydrogen) atoms. The Kier molecular flexibility index (Phi) is 5.94. The molecule has 0 fully saturated rings. The van der Waals surface area contributed by atoms with Crippen LogP contribution in [0.25, 0.3) is 11.3 Å². The average molecular weight is 403 g/mol. The number of carbonyl (C=O) groups excluding carboxylic acids is 1. The fraction of sp³-hybridized carbons (Fsp3) is 0.167. The van der Waals surface area contributed by atoms with Crippen molar-refractivity contribution >= 4 is 27.3 Å². The molecule has 0 saturated carbocycles. The summed E-state index contributed by atoms with van der Waals surface area (Å²) in [6, 6.07) is 12.7. The molecule has 3 rings (SSSR count). The SMILES string of the molecule is CN(CC(=O)NCc1nc(-c2ccccc2)cs1)S(=O)(=O)c1cccnc1. The van der Waals surface area contributed by atoms with Gasteiger partial charge < -0.3 is 5.32 Å². The number of hydrogen-bond donors (Lipinski definition) is 1. The number of thiazole rings is 1. The molecule has 0 aliphatic carbocycles. The van der Waals surface area contributed by atoms with Gasteiger partial charge in [0.2, 0.25) is 15.9 Å². The second-order valence-electron chi connectivity index (χ2n) is 5.72. The lowest BCUT2D eigenvalue weighted by atomic mass is 10.2. The summed E-state index contributed by atoms with van der Waals surface area (Å²) in [5, 5.41) is 5.38. The summed E-state index contributed by atoms with van der Waals surface area (Å²) in [5.41, 5.74) is 1.86. The molecule has 140 valence electrons. The molecule has 2 aromatic heterocycles. The maximum absolute atomic E-state index is 12.4. The molecule has 9 heteroatoms. The van der Waals surface area contributed by atoms with Crippen molar-refractivity contribution in [3.63, 3.8) is 0 Å². The molecule has 3 aromatic rings. The second-order valence-corrected chi connectivity index (χ2v) is 8.71. The second kappa shape index (κ2) is 8.38. The van der Waals surface area contributed by atoms with Crippen molar-refractivity contribution in [2.75, 3.05) is 13.6 Å². The topological polar surface area (TPSA) is 92.3 Å². The first-order valence-corrected chi connectivity index (χ1v) is 10.4. The van der Waals surface area contributed by atoms with Gasteiger partial charge in [0.25, 0.3) is 0 Å². The van der Waals surface area contributed by atoms with E-state index >= 15 is 0 Å². The quantitative estimate of drug-likeness (QED) is 0.654. The fourth-order valence-corrected chi connectivity index (χ4v) is 4.17. The number of likely N-dealkylation sites (N-methyl/N-ethyl adjacent to an activating group) is 1. The van der Waals surface area contributed by atoms with Crippen LogP contribution in [0.1, 0.15) is 5.01 Å². The number of sulfonamides is 1. The van der Waals surface area contributed by atoms with Crippen molar-refractivity contribution in [1.82, 2.24) is 19.6 Å². The third kappa shape index (κ3) is 4.76. The van der Waals surface area contributed by atoms with E-state index in [0.717, 1.165) is 20.6 Å². The number of hydrogen-bond acceptors (Lipinski definition) is 6. The number of amides is 1. The van der Waals surface area contributed by atoms with Crippen LogP contribution in [0.15, 0.2) is 65.1 Å². The Morgan fingerprint density at radius 3 is 2.67 bits per heavy atom. The number of benzene rings is 1. The number of nitrogens with one attached hydrogen (secondary N) is 1. The van der Waals surface area contributed by atoms with E-state index in [2.05, 4.69) is 15.3 Å². The van der Waals surface area contributed by atoms with Gasteiger partial charge in [0, 0.05) is 30.4 Å². The minimum atomic E-state index is -3.75.